The van der Waals surface area contributed by atoms with E-state index in [2.05, 4.69) is 12.3 Å². The molecule has 0 spiro atoms. The van der Waals surface area contributed by atoms with E-state index in [1.54, 1.807) is 0 Å². The Morgan fingerprint density at radius 1 is 0.967 bits per heavy atom. The van der Waals surface area contributed by atoms with Crippen LogP contribution in [-0.2, 0) is 0 Å². The smallest absolute Gasteiger partial charge is 0.270 e. The molecule has 0 saturated heterocycles. The normalized spacial score (nSPS) is 11.9. The number of nitrogens with zero attached hydrogens (tertiary/aromatic N) is 1. The van der Waals surface area contributed by atoms with Gasteiger partial charge in [0.05, 0.1) is 0 Å². The Morgan fingerprint density at radius 3 is 1.90 bits per heavy atom. The van der Waals surface area contributed by atoms with Crippen LogP contribution in [0.3, 0.4) is 0 Å². The topological polar surface area (TPSA) is 123 Å². The maximum Gasteiger partial charge on any atom is 0.270 e. The second-order valence-electron chi connectivity index (χ2n) is 7.85. The lowest BCUT2D eigenvalue weighted by Gasteiger charge is -2.27. The highest BCUT2D eigenvalue weighted by Crippen LogP contribution is 2.13. The first-order valence-corrected chi connectivity index (χ1v) is 11.4. The predicted molar refractivity (Wildman–Crippen MR) is 121 cm³/mol. The molecular weight excluding hydrogens is 380 g/mol. The van der Waals surface area contributed by atoms with Crippen molar-refractivity contribution in [3.63, 3.8) is 0 Å². The third-order valence-electron chi connectivity index (χ3n) is 5.17. The number of carbonyl (C=O) groups excluding carboxylic acids is 1. The molecule has 1 amide bonds. The monoisotopic (exact) mass is 420 g/mol. The van der Waals surface area contributed by atoms with E-state index in [0.717, 1.165) is 24.3 Å². The minimum atomic E-state index is -1.54. The molecule has 1 rings (SSSR count). The third kappa shape index (κ3) is 10.6. The van der Waals surface area contributed by atoms with E-state index in [-0.39, 0.29) is 11.3 Å². The molecule has 7 heteroatoms. The lowest BCUT2D eigenvalue weighted by atomic mass is 10.1. The van der Waals surface area contributed by atoms with Gasteiger partial charge in [-0.3, -0.25) is 10.2 Å². The van der Waals surface area contributed by atoms with Crippen LogP contribution in [0.25, 0.3) is 0 Å². The molecule has 0 aliphatic rings. The molecule has 1 aromatic carbocycles. The van der Waals surface area contributed by atoms with E-state index in [0.29, 0.717) is 6.54 Å². The van der Waals surface area contributed by atoms with Gasteiger partial charge in [0.1, 0.15) is 11.6 Å². The van der Waals surface area contributed by atoms with Crippen LogP contribution in [0.2, 0.25) is 0 Å². The van der Waals surface area contributed by atoms with Crippen molar-refractivity contribution in [2.75, 3.05) is 6.54 Å². The molecule has 0 aromatic heterocycles. The van der Waals surface area contributed by atoms with Crippen molar-refractivity contribution in [3.8, 4) is 5.75 Å². The lowest BCUT2D eigenvalue weighted by Crippen LogP contribution is -2.54. The van der Waals surface area contributed by atoms with Gasteiger partial charge in [-0.05, 0) is 30.7 Å². The highest BCUT2D eigenvalue weighted by Gasteiger charge is 2.25. The van der Waals surface area contributed by atoms with Crippen LogP contribution in [-0.4, -0.2) is 39.7 Å². The number of phenolic OH excluding ortho intramolecular Hbond substituents is 1. The number of aliphatic hydroxyl groups is 1. The number of amidine groups is 1. The first kappa shape index (κ1) is 25.9. The fourth-order valence-electron chi connectivity index (χ4n) is 3.32. The van der Waals surface area contributed by atoms with Gasteiger partial charge in [-0.15, -0.1) is 0 Å². The number of nitrogens with one attached hydrogen (secondary N) is 2. The van der Waals surface area contributed by atoms with E-state index in [1.165, 1.54) is 82.1 Å². The van der Waals surface area contributed by atoms with Gasteiger partial charge in [0.25, 0.3) is 5.91 Å². The van der Waals surface area contributed by atoms with Crippen molar-refractivity contribution in [2.45, 2.75) is 90.2 Å². The van der Waals surface area contributed by atoms with Gasteiger partial charge in [-0.25, -0.2) is 10.4 Å². The summed E-state index contributed by atoms with van der Waals surface area (Å²) in [5.41, 5.74) is 8.57. The van der Waals surface area contributed by atoms with E-state index in [1.807, 2.05) is 0 Å². The van der Waals surface area contributed by atoms with E-state index >= 15 is 0 Å². The summed E-state index contributed by atoms with van der Waals surface area (Å²) in [5.74, 6) is -0.962. The van der Waals surface area contributed by atoms with Crippen LogP contribution in [0.5, 0.6) is 5.75 Å². The Hall–Kier alpha value is -2.12. The largest absolute Gasteiger partial charge is 0.508 e. The van der Waals surface area contributed by atoms with Crippen molar-refractivity contribution >= 4 is 11.7 Å². The number of carbonyl (C=O) groups is 1. The number of nitrogens with two attached hydrogens (primary N) is 1. The Kier molecular flexibility index (Phi) is 13.5. The summed E-state index contributed by atoms with van der Waals surface area (Å²) >= 11 is 0. The van der Waals surface area contributed by atoms with Crippen LogP contribution in [0.15, 0.2) is 24.3 Å². The van der Waals surface area contributed by atoms with Crippen LogP contribution in [0.1, 0.15) is 94.3 Å². The molecule has 170 valence electrons. The summed E-state index contributed by atoms with van der Waals surface area (Å²) in [6.45, 7) is 2.75. The van der Waals surface area contributed by atoms with Crippen LogP contribution < -0.4 is 11.2 Å². The van der Waals surface area contributed by atoms with Gasteiger partial charge in [0.2, 0.25) is 6.23 Å². The SMILES string of the molecule is CCCCCCCCCCCCCCNN(C(=O)c1ccc(O)cc1)C(O)C(=N)N. The summed E-state index contributed by atoms with van der Waals surface area (Å²) in [7, 11) is 0. The molecule has 7 nitrogen and oxygen atoms in total. The van der Waals surface area contributed by atoms with E-state index in [9.17, 15) is 15.0 Å². The number of aromatic hydroxyl groups is 1. The summed E-state index contributed by atoms with van der Waals surface area (Å²) < 4.78 is 0. The molecule has 1 atom stereocenters. The Labute approximate surface area is 181 Å². The predicted octanol–water partition coefficient (Wildman–Crippen LogP) is 4.29. The zero-order chi connectivity index (χ0) is 22.2. The third-order valence-corrected chi connectivity index (χ3v) is 5.17. The highest BCUT2D eigenvalue weighted by molar-refractivity contribution is 5.97. The molecule has 0 saturated carbocycles. The average molecular weight is 421 g/mol. The standard InChI is InChI=1S/C23H40N4O3/c1-2-3-4-5-6-7-8-9-10-11-12-13-18-26-27(23(30)21(24)25)22(29)19-14-16-20(28)17-15-19/h14-17,23,26,28,30H,2-13,18H2,1H3,(H3,24,25). The molecule has 1 unspecified atom stereocenters. The first-order chi connectivity index (χ1) is 14.5. The first-order valence-electron chi connectivity index (χ1n) is 11.4. The maximum absolute atomic E-state index is 12.6. The molecule has 1 aromatic rings. The molecule has 30 heavy (non-hydrogen) atoms. The molecule has 0 bridgehead atoms. The van der Waals surface area contributed by atoms with Crippen molar-refractivity contribution in [2.24, 2.45) is 5.73 Å². The summed E-state index contributed by atoms with van der Waals surface area (Å²) in [5, 5.41) is 27.9. The number of amides is 1. The number of hydrogen-bond donors (Lipinski definition) is 5. The zero-order valence-electron chi connectivity index (χ0n) is 18.4. The minimum absolute atomic E-state index is 0.0506. The second kappa shape index (κ2) is 15.7. The van der Waals surface area contributed by atoms with Crippen molar-refractivity contribution in [1.29, 1.82) is 5.41 Å². The quantitative estimate of drug-likeness (QED) is 0.0845. The summed E-state index contributed by atoms with van der Waals surface area (Å²) in [4.78, 5) is 12.6. The fraction of sp³-hybridized carbons (Fsp3) is 0.652. The van der Waals surface area contributed by atoms with Crippen molar-refractivity contribution < 1.29 is 15.0 Å². The molecule has 0 aliphatic heterocycles. The number of phenols is 1. The summed E-state index contributed by atoms with van der Waals surface area (Å²) in [6.07, 6.45) is 13.4. The molecule has 0 radical (unpaired) electrons. The number of hydrazine groups is 1. The molecule has 0 fully saturated rings. The average Bonchev–Trinajstić information content (AvgIpc) is 2.73. The van der Waals surface area contributed by atoms with Gasteiger partial charge in [0, 0.05) is 12.1 Å². The highest BCUT2D eigenvalue weighted by atomic mass is 16.3. The number of hydrogen-bond acceptors (Lipinski definition) is 5. The van der Waals surface area contributed by atoms with Gasteiger partial charge < -0.3 is 15.9 Å². The second-order valence-corrected chi connectivity index (χ2v) is 7.85. The van der Waals surface area contributed by atoms with Crippen molar-refractivity contribution in [3.05, 3.63) is 29.8 Å². The molecule has 6 N–H and O–H groups in total. The van der Waals surface area contributed by atoms with Gasteiger partial charge >= 0.3 is 0 Å². The zero-order valence-corrected chi connectivity index (χ0v) is 18.4. The maximum atomic E-state index is 12.6. The van der Waals surface area contributed by atoms with Gasteiger partial charge in [0.15, 0.2) is 0 Å². The molecule has 0 aliphatic carbocycles. The molecule has 0 heterocycles. The van der Waals surface area contributed by atoms with Gasteiger partial charge in [-0.1, -0.05) is 77.6 Å². The van der Waals surface area contributed by atoms with E-state index < -0.39 is 18.0 Å². The van der Waals surface area contributed by atoms with E-state index in [4.69, 9.17) is 11.1 Å². The Balaban J connectivity index is 2.24. The number of unbranched alkanes of at least 4 members (excludes halogenated alkanes) is 11. The number of rotatable bonds is 17. The molecular formula is C23H40N4O3. The Bertz CT molecular complexity index is 607. The van der Waals surface area contributed by atoms with Crippen LogP contribution in [0.4, 0.5) is 0 Å². The van der Waals surface area contributed by atoms with Gasteiger partial charge in [-0.2, -0.15) is 0 Å². The minimum Gasteiger partial charge on any atom is -0.508 e. The lowest BCUT2D eigenvalue weighted by molar-refractivity contribution is 0.0143. The number of benzene rings is 1. The van der Waals surface area contributed by atoms with Crippen LogP contribution >= 0.6 is 0 Å². The number of aliphatic hydroxyl groups excluding tert-OH is 1. The Morgan fingerprint density at radius 2 is 1.43 bits per heavy atom. The van der Waals surface area contributed by atoms with Crippen LogP contribution in [0, 0.1) is 5.41 Å². The van der Waals surface area contributed by atoms with Crippen molar-refractivity contribution in [1.82, 2.24) is 10.4 Å². The fourth-order valence-corrected chi connectivity index (χ4v) is 3.32. The summed E-state index contributed by atoms with van der Waals surface area (Å²) in [6, 6.07) is 5.72.